The first kappa shape index (κ1) is 21.1. The minimum absolute atomic E-state index is 0.0686. The fourth-order valence-corrected chi connectivity index (χ4v) is 4.14. The lowest BCUT2D eigenvalue weighted by Gasteiger charge is -2.19. The largest absolute Gasteiger partial charge is 0.493 e. The lowest BCUT2D eigenvalue weighted by atomic mass is 10.1. The third-order valence-corrected chi connectivity index (χ3v) is 5.93. The van der Waals surface area contributed by atoms with Gasteiger partial charge in [0.05, 0.1) is 12.7 Å². The topological polar surface area (TPSA) is 50.8 Å². The van der Waals surface area contributed by atoms with E-state index in [0.717, 1.165) is 41.0 Å². The van der Waals surface area contributed by atoms with E-state index in [9.17, 15) is 4.79 Å². The molecule has 2 aromatic carbocycles. The molecule has 0 saturated heterocycles. The summed E-state index contributed by atoms with van der Waals surface area (Å²) in [7, 11) is 1.63. The van der Waals surface area contributed by atoms with Gasteiger partial charge in [-0.15, -0.1) is 11.3 Å². The van der Waals surface area contributed by atoms with Gasteiger partial charge in [-0.25, -0.2) is 0 Å². The van der Waals surface area contributed by atoms with Crippen LogP contribution in [-0.2, 0) is 6.54 Å². The van der Waals surface area contributed by atoms with E-state index in [0.29, 0.717) is 24.5 Å². The first-order valence-electron chi connectivity index (χ1n) is 9.92. The van der Waals surface area contributed by atoms with Crippen LogP contribution in [0.3, 0.4) is 0 Å². The lowest BCUT2D eigenvalue weighted by Crippen LogP contribution is -2.28. The first-order valence-corrected chi connectivity index (χ1v) is 10.8. The highest BCUT2D eigenvalue weighted by Gasteiger charge is 2.12. The maximum atomic E-state index is 12.6. The number of fused-ring (bicyclic) bond motifs is 1. The first-order chi connectivity index (χ1) is 14.2. The van der Waals surface area contributed by atoms with Crippen molar-refractivity contribution in [3.8, 4) is 11.5 Å². The molecule has 1 N–H and O–H groups in total. The van der Waals surface area contributed by atoms with Crippen molar-refractivity contribution in [2.45, 2.75) is 20.4 Å². The van der Waals surface area contributed by atoms with E-state index in [2.05, 4.69) is 24.1 Å². The highest BCUT2D eigenvalue weighted by atomic mass is 32.1. The van der Waals surface area contributed by atoms with Gasteiger partial charge >= 0.3 is 0 Å². The van der Waals surface area contributed by atoms with Crippen molar-refractivity contribution in [2.75, 3.05) is 33.4 Å². The van der Waals surface area contributed by atoms with Crippen LogP contribution >= 0.6 is 11.3 Å². The number of likely N-dealkylation sites (N-methyl/N-ethyl adjacent to an activating group) is 1. The van der Waals surface area contributed by atoms with Crippen molar-refractivity contribution in [1.82, 2.24) is 10.2 Å². The maximum Gasteiger partial charge on any atom is 0.253 e. The van der Waals surface area contributed by atoms with Crippen molar-refractivity contribution in [3.05, 3.63) is 59.0 Å². The van der Waals surface area contributed by atoms with E-state index < -0.39 is 0 Å². The predicted molar refractivity (Wildman–Crippen MR) is 119 cm³/mol. The van der Waals surface area contributed by atoms with E-state index in [1.54, 1.807) is 18.4 Å². The number of nitrogens with one attached hydrogen (secondary N) is 1. The number of ether oxygens (including phenoxy) is 2. The molecule has 154 valence electrons. The summed E-state index contributed by atoms with van der Waals surface area (Å²) in [4.78, 5) is 14.9. The second kappa shape index (κ2) is 10.3. The minimum Gasteiger partial charge on any atom is -0.493 e. The molecule has 3 rings (SSSR count). The fraction of sp³-hybridized carbons (Fsp3) is 0.348. The SMILES string of the molecule is CCN(CC)CCOc1ccc(CNC(=O)c2csc3ccccc23)cc1OC. The zero-order valence-electron chi connectivity index (χ0n) is 17.2. The zero-order valence-corrected chi connectivity index (χ0v) is 18.1. The van der Waals surface area contributed by atoms with Crippen molar-refractivity contribution in [2.24, 2.45) is 0 Å². The molecule has 1 heterocycles. The van der Waals surface area contributed by atoms with E-state index in [1.165, 1.54) is 0 Å². The molecule has 0 bridgehead atoms. The number of rotatable bonds is 10. The number of thiophene rings is 1. The third-order valence-electron chi connectivity index (χ3n) is 4.97. The van der Waals surface area contributed by atoms with E-state index in [-0.39, 0.29) is 5.91 Å². The molecular formula is C23H28N2O3S. The Morgan fingerprint density at radius 2 is 1.90 bits per heavy atom. The van der Waals surface area contributed by atoms with Gasteiger partial charge in [0.2, 0.25) is 0 Å². The van der Waals surface area contributed by atoms with E-state index in [4.69, 9.17) is 9.47 Å². The molecule has 29 heavy (non-hydrogen) atoms. The number of hydrogen-bond acceptors (Lipinski definition) is 5. The molecule has 1 amide bonds. The van der Waals surface area contributed by atoms with Crippen LogP contribution < -0.4 is 14.8 Å². The second-order valence-corrected chi connectivity index (χ2v) is 7.60. The Bertz CT molecular complexity index is 950. The van der Waals surface area contributed by atoms with Crippen LogP contribution in [0.2, 0.25) is 0 Å². The van der Waals surface area contributed by atoms with Gasteiger partial charge in [0.15, 0.2) is 11.5 Å². The van der Waals surface area contributed by atoms with Gasteiger partial charge in [-0.05, 0) is 36.9 Å². The van der Waals surface area contributed by atoms with Crippen molar-refractivity contribution in [1.29, 1.82) is 0 Å². The molecule has 0 spiro atoms. The summed E-state index contributed by atoms with van der Waals surface area (Å²) >= 11 is 1.58. The number of carbonyl (C=O) groups is 1. The van der Waals surface area contributed by atoms with Crippen LogP contribution in [0.1, 0.15) is 29.8 Å². The molecule has 0 aliphatic heterocycles. The summed E-state index contributed by atoms with van der Waals surface area (Å²) in [6.07, 6.45) is 0. The lowest BCUT2D eigenvalue weighted by molar-refractivity contribution is 0.0953. The molecule has 6 heteroatoms. The molecule has 0 aliphatic carbocycles. The minimum atomic E-state index is -0.0686. The monoisotopic (exact) mass is 412 g/mol. The standard InChI is InChI=1S/C23H28N2O3S/c1-4-25(5-2)12-13-28-20-11-10-17(14-21(20)27-3)15-24-23(26)19-16-29-22-9-7-6-8-18(19)22/h6-11,14,16H,4-5,12-13,15H2,1-3H3,(H,24,26). The maximum absolute atomic E-state index is 12.6. The number of amides is 1. The number of nitrogens with zero attached hydrogens (tertiary/aromatic N) is 1. The predicted octanol–water partition coefficient (Wildman–Crippen LogP) is 4.56. The normalized spacial score (nSPS) is 11.0. The van der Waals surface area contributed by atoms with Crippen molar-refractivity contribution >= 4 is 27.3 Å². The average Bonchev–Trinajstić information content (AvgIpc) is 3.20. The van der Waals surface area contributed by atoms with Crippen LogP contribution in [0.25, 0.3) is 10.1 Å². The summed E-state index contributed by atoms with van der Waals surface area (Å²) < 4.78 is 12.5. The summed E-state index contributed by atoms with van der Waals surface area (Å²) in [6.45, 7) is 8.23. The number of hydrogen-bond donors (Lipinski definition) is 1. The molecule has 5 nitrogen and oxygen atoms in total. The van der Waals surface area contributed by atoms with Gasteiger partial charge in [0.1, 0.15) is 6.61 Å². The van der Waals surface area contributed by atoms with Crippen LogP contribution in [0, 0.1) is 0 Å². The molecular weight excluding hydrogens is 384 g/mol. The third kappa shape index (κ3) is 5.28. The quantitative estimate of drug-likeness (QED) is 0.530. The Hall–Kier alpha value is -2.57. The second-order valence-electron chi connectivity index (χ2n) is 6.69. The van der Waals surface area contributed by atoms with Gasteiger partial charge in [0, 0.05) is 28.6 Å². The van der Waals surface area contributed by atoms with Gasteiger partial charge in [-0.3, -0.25) is 4.79 Å². The summed E-state index contributed by atoms with van der Waals surface area (Å²) in [6, 6.07) is 13.7. The summed E-state index contributed by atoms with van der Waals surface area (Å²) in [5.41, 5.74) is 1.68. The van der Waals surface area contributed by atoms with Crippen molar-refractivity contribution in [3.63, 3.8) is 0 Å². The van der Waals surface area contributed by atoms with Crippen LogP contribution in [0.5, 0.6) is 11.5 Å². The number of carbonyl (C=O) groups excluding carboxylic acids is 1. The highest BCUT2D eigenvalue weighted by molar-refractivity contribution is 7.17. The Labute approximate surface area is 176 Å². The molecule has 0 atom stereocenters. The molecule has 0 unspecified atom stereocenters. The Kier molecular flexibility index (Phi) is 7.49. The Balaban J connectivity index is 1.60. The number of benzene rings is 2. The van der Waals surface area contributed by atoms with Crippen LogP contribution in [-0.4, -0.2) is 44.2 Å². The molecule has 0 radical (unpaired) electrons. The molecule has 3 aromatic rings. The van der Waals surface area contributed by atoms with E-state index >= 15 is 0 Å². The summed E-state index contributed by atoms with van der Waals surface area (Å²) in [5, 5.41) is 5.90. The van der Waals surface area contributed by atoms with Gasteiger partial charge in [-0.1, -0.05) is 38.1 Å². The van der Waals surface area contributed by atoms with Crippen LogP contribution in [0.4, 0.5) is 0 Å². The smallest absolute Gasteiger partial charge is 0.253 e. The van der Waals surface area contributed by atoms with Gasteiger partial charge < -0.3 is 19.7 Å². The van der Waals surface area contributed by atoms with Crippen LogP contribution in [0.15, 0.2) is 47.8 Å². The summed E-state index contributed by atoms with van der Waals surface area (Å²) in [5.74, 6) is 1.33. The molecule has 0 fully saturated rings. The molecule has 1 aromatic heterocycles. The number of methoxy groups -OCH3 is 1. The highest BCUT2D eigenvalue weighted by Crippen LogP contribution is 2.28. The fourth-order valence-electron chi connectivity index (χ4n) is 3.20. The zero-order chi connectivity index (χ0) is 20.6. The average molecular weight is 413 g/mol. The van der Waals surface area contributed by atoms with Gasteiger partial charge in [-0.2, -0.15) is 0 Å². The molecule has 0 aliphatic rings. The Morgan fingerprint density at radius 3 is 2.66 bits per heavy atom. The Morgan fingerprint density at radius 1 is 1.10 bits per heavy atom. The van der Waals surface area contributed by atoms with Gasteiger partial charge in [0.25, 0.3) is 5.91 Å². The van der Waals surface area contributed by atoms with Crippen molar-refractivity contribution < 1.29 is 14.3 Å². The molecule has 0 saturated carbocycles. The van der Waals surface area contributed by atoms with E-state index in [1.807, 2.05) is 47.8 Å².